The number of anilines is 1. The maximum Gasteiger partial charge on any atom is 0.234 e. The summed E-state index contributed by atoms with van der Waals surface area (Å²) in [7, 11) is -3.26. The van der Waals surface area contributed by atoms with Crippen LogP contribution in [0.15, 0.2) is 0 Å². The highest BCUT2D eigenvalue weighted by atomic mass is 35.5. The Morgan fingerprint density at radius 1 is 1.35 bits per heavy atom. The van der Waals surface area contributed by atoms with E-state index in [-0.39, 0.29) is 5.75 Å². The van der Waals surface area contributed by atoms with Crippen LogP contribution in [0.25, 0.3) is 0 Å². The number of rotatable bonds is 6. The highest BCUT2D eigenvalue weighted by Crippen LogP contribution is 2.30. The van der Waals surface area contributed by atoms with Crippen molar-refractivity contribution in [1.29, 1.82) is 0 Å². The predicted molar refractivity (Wildman–Crippen MR) is 71.5 cm³/mol. The van der Waals surface area contributed by atoms with Gasteiger partial charge in [0.2, 0.25) is 10.0 Å². The SMILES string of the molecule is O=S(=O)(CCCCCl)Nc1nc2c(s1)CCC2. The lowest BCUT2D eigenvalue weighted by Gasteiger charge is -2.03. The van der Waals surface area contributed by atoms with Crippen molar-refractivity contribution >= 4 is 38.1 Å². The average molecular weight is 295 g/mol. The van der Waals surface area contributed by atoms with E-state index in [0.717, 1.165) is 31.4 Å². The number of halogens is 1. The van der Waals surface area contributed by atoms with Crippen molar-refractivity contribution in [3.63, 3.8) is 0 Å². The molecule has 1 N–H and O–H groups in total. The molecule has 96 valence electrons. The standard InChI is InChI=1S/C10H15ClN2O2S2/c11-6-1-2-7-17(14,15)13-10-12-8-4-3-5-9(8)16-10/h1-7H2,(H,12,13). The van der Waals surface area contributed by atoms with Crippen LogP contribution in [-0.4, -0.2) is 25.0 Å². The Morgan fingerprint density at radius 3 is 2.88 bits per heavy atom. The first-order valence-corrected chi connectivity index (χ1v) is 8.66. The smallest absolute Gasteiger partial charge is 0.234 e. The Labute approximate surface area is 110 Å². The van der Waals surface area contributed by atoms with Crippen LogP contribution in [0.2, 0.25) is 0 Å². The second-order valence-corrected chi connectivity index (χ2v) is 7.36. The third kappa shape index (κ3) is 3.56. The predicted octanol–water partition coefficient (Wildman–Crippen LogP) is 2.39. The van der Waals surface area contributed by atoms with E-state index in [0.29, 0.717) is 17.4 Å². The number of hydrogen-bond donors (Lipinski definition) is 1. The summed E-state index contributed by atoms with van der Waals surface area (Å²) in [6.45, 7) is 0. The fourth-order valence-electron chi connectivity index (χ4n) is 1.80. The number of unbranched alkanes of at least 4 members (excludes halogenated alkanes) is 1. The van der Waals surface area contributed by atoms with Crippen LogP contribution < -0.4 is 4.72 Å². The lowest BCUT2D eigenvalue weighted by Crippen LogP contribution is -2.16. The molecule has 0 saturated heterocycles. The molecule has 7 heteroatoms. The van der Waals surface area contributed by atoms with Crippen molar-refractivity contribution in [3.05, 3.63) is 10.6 Å². The lowest BCUT2D eigenvalue weighted by atomic mass is 10.4. The molecular formula is C10H15ClN2O2S2. The van der Waals surface area contributed by atoms with Crippen LogP contribution in [0, 0.1) is 0 Å². The summed E-state index contributed by atoms with van der Waals surface area (Å²) in [5.74, 6) is 0.616. The van der Waals surface area contributed by atoms with E-state index in [4.69, 9.17) is 11.6 Å². The fourth-order valence-corrected chi connectivity index (χ4v) is 4.44. The molecule has 0 amide bonds. The molecule has 0 spiro atoms. The van der Waals surface area contributed by atoms with Gasteiger partial charge >= 0.3 is 0 Å². The van der Waals surface area contributed by atoms with Gasteiger partial charge in [0.1, 0.15) is 0 Å². The van der Waals surface area contributed by atoms with Crippen molar-refractivity contribution in [1.82, 2.24) is 4.98 Å². The summed E-state index contributed by atoms with van der Waals surface area (Å²) in [6.07, 6.45) is 4.44. The van der Waals surface area contributed by atoms with Crippen LogP contribution >= 0.6 is 22.9 Å². The first-order valence-electron chi connectivity index (χ1n) is 5.66. The summed E-state index contributed by atoms with van der Waals surface area (Å²) in [4.78, 5) is 5.53. The number of sulfonamides is 1. The summed E-state index contributed by atoms with van der Waals surface area (Å²) in [5.41, 5.74) is 1.06. The molecule has 1 aromatic heterocycles. The molecule has 17 heavy (non-hydrogen) atoms. The zero-order valence-corrected chi connectivity index (χ0v) is 11.8. The van der Waals surface area contributed by atoms with Crippen molar-refractivity contribution in [2.24, 2.45) is 0 Å². The first kappa shape index (κ1) is 13.1. The molecule has 0 aromatic carbocycles. The van der Waals surface area contributed by atoms with Crippen molar-refractivity contribution < 1.29 is 8.42 Å². The topological polar surface area (TPSA) is 59.1 Å². The summed E-state index contributed by atoms with van der Waals surface area (Å²) < 4.78 is 26.0. The van der Waals surface area contributed by atoms with Gasteiger partial charge in [0.25, 0.3) is 0 Å². The van der Waals surface area contributed by atoms with E-state index in [1.54, 1.807) is 0 Å². The van der Waals surface area contributed by atoms with Crippen molar-refractivity contribution in [2.75, 3.05) is 16.4 Å². The molecular weight excluding hydrogens is 280 g/mol. The van der Waals surface area contributed by atoms with Gasteiger partial charge in [0.05, 0.1) is 11.4 Å². The summed E-state index contributed by atoms with van der Waals surface area (Å²) in [5, 5.41) is 0.514. The van der Waals surface area contributed by atoms with E-state index < -0.39 is 10.0 Å². The molecule has 0 fully saturated rings. The van der Waals surface area contributed by atoms with Gasteiger partial charge in [-0.05, 0) is 32.1 Å². The fraction of sp³-hybridized carbons (Fsp3) is 0.700. The van der Waals surface area contributed by atoms with Crippen LogP contribution in [0.3, 0.4) is 0 Å². The Bertz CT molecular complexity index is 463. The number of nitrogens with one attached hydrogen (secondary N) is 1. The Kier molecular flexibility index (Phi) is 4.27. The second kappa shape index (κ2) is 5.54. The molecule has 1 aliphatic rings. The summed E-state index contributed by atoms with van der Waals surface area (Å²) >= 11 is 6.98. The van der Waals surface area contributed by atoms with Gasteiger partial charge < -0.3 is 0 Å². The third-order valence-electron chi connectivity index (χ3n) is 2.64. The number of alkyl halides is 1. The normalized spacial score (nSPS) is 14.9. The number of aromatic nitrogens is 1. The molecule has 2 rings (SSSR count). The molecule has 0 saturated carbocycles. The van der Waals surface area contributed by atoms with E-state index >= 15 is 0 Å². The van der Waals surface area contributed by atoms with Gasteiger partial charge in [0.15, 0.2) is 5.13 Å². The van der Waals surface area contributed by atoms with Gasteiger partial charge in [-0.2, -0.15) is 0 Å². The van der Waals surface area contributed by atoms with Gasteiger partial charge in [-0.1, -0.05) is 0 Å². The van der Waals surface area contributed by atoms with Gasteiger partial charge in [-0.3, -0.25) is 4.72 Å². The van der Waals surface area contributed by atoms with Gasteiger partial charge in [-0.15, -0.1) is 22.9 Å². The molecule has 1 aromatic rings. The highest BCUT2D eigenvalue weighted by molar-refractivity contribution is 7.92. The average Bonchev–Trinajstić information content (AvgIpc) is 2.77. The molecule has 0 radical (unpaired) electrons. The van der Waals surface area contributed by atoms with E-state index in [9.17, 15) is 8.42 Å². The molecule has 0 aliphatic heterocycles. The van der Waals surface area contributed by atoms with Crippen molar-refractivity contribution in [3.8, 4) is 0 Å². The molecule has 1 heterocycles. The van der Waals surface area contributed by atoms with Crippen molar-refractivity contribution in [2.45, 2.75) is 32.1 Å². The van der Waals surface area contributed by atoms with E-state index in [1.165, 1.54) is 16.2 Å². The monoisotopic (exact) mass is 294 g/mol. The zero-order chi connectivity index (χ0) is 12.3. The number of aryl methyl sites for hydroxylation is 2. The Morgan fingerprint density at radius 2 is 2.18 bits per heavy atom. The van der Waals surface area contributed by atoms with E-state index in [1.807, 2.05) is 0 Å². The minimum atomic E-state index is -3.26. The molecule has 0 atom stereocenters. The summed E-state index contributed by atoms with van der Waals surface area (Å²) in [6, 6.07) is 0. The number of hydrogen-bond acceptors (Lipinski definition) is 4. The lowest BCUT2D eigenvalue weighted by molar-refractivity contribution is 0.598. The first-order chi connectivity index (χ1) is 8.11. The molecule has 4 nitrogen and oxygen atoms in total. The van der Waals surface area contributed by atoms with Gasteiger partial charge in [0, 0.05) is 10.8 Å². The third-order valence-corrected chi connectivity index (χ3v) is 5.43. The largest absolute Gasteiger partial charge is 0.259 e. The second-order valence-electron chi connectivity index (χ2n) is 4.06. The highest BCUT2D eigenvalue weighted by Gasteiger charge is 2.19. The van der Waals surface area contributed by atoms with Crippen LogP contribution in [-0.2, 0) is 22.9 Å². The van der Waals surface area contributed by atoms with Crippen LogP contribution in [0.5, 0.6) is 0 Å². The number of fused-ring (bicyclic) bond motifs is 1. The van der Waals surface area contributed by atoms with Crippen LogP contribution in [0.1, 0.15) is 29.8 Å². The Hall–Kier alpha value is -0.330. The minimum absolute atomic E-state index is 0.115. The molecule has 1 aliphatic carbocycles. The Balaban J connectivity index is 1.95. The molecule has 0 bridgehead atoms. The quantitative estimate of drug-likeness (QED) is 0.647. The molecule has 0 unspecified atom stereocenters. The van der Waals surface area contributed by atoms with Gasteiger partial charge in [-0.25, -0.2) is 13.4 Å². The van der Waals surface area contributed by atoms with E-state index in [2.05, 4.69) is 9.71 Å². The minimum Gasteiger partial charge on any atom is -0.259 e. The number of nitrogens with zero attached hydrogens (tertiary/aromatic N) is 1. The number of thiazole rings is 1. The zero-order valence-electron chi connectivity index (χ0n) is 9.41. The van der Waals surface area contributed by atoms with Crippen LogP contribution in [0.4, 0.5) is 5.13 Å². The maximum atomic E-state index is 11.7. The maximum absolute atomic E-state index is 11.7.